The van der Waals surface area contributed by atoms with Crippen LogP contribution in [0.1, 0.15) is 50.4 Å². The van der Waals surface area contributed by atoms with E-state index in [2.05, 4.69) is 55.3 Å². The molecule has 1 aromatic heterocycles. The monoisotopic (exact) mass is 322 g/mol. The largest absolute Gasteiger partial charge is 0.268 e. The maximum Gasteiger partial charge on any atom is 0.0659 e. The summed E-state index contributed by atoms with van der Waals surface area (Å²) in [5.74, 6) is 0.659. The molecule has 0 saturated heterocycles. The normalized spacial score (nSPS) is 9.58. The molecule has 0 atom stereocenters. The van der Waals surface area contributed by atoms with Gasteiger partial charge in [0.1, 0.15) is 0 Å². The van der Waals surface area contributed by atoms with Crippen molar-refractivity contribution in [1.29, 1.82) is 0 Å². The molecule has 1 heterocycles. The van der Waals surface area contributed by atoms with Crippen LogP contribution in [-0.4, -0.2) is 9.78 Å². The minimum absolute atomic E-state index is 0.659. The third kappa shape index (κ3) is 7.28. The topological polar surface area (TPSA) is 17.8 Å². The summed E-state index contributed by atoms with van der Waals surface area (Å²) in [6, 6.07) is 22.9. The van der Waals surface area contributed by atoms with Crippen molar-refractivity contribution >= 4 is 0 Å². The molecule has 3 rings (SSSR count). The maximum absolute atomic E-state index is 4.32. The first-order valence-corrected chi connectivity index (χ1v) is 8.74. The molecule has 0 radical (unpaired) electrons. The number of hydrogen-bond acceptors (Lipinski definition) is 1. The van der Waals surface area contributed by atoms with Crippen LogP contribution in [0, 0.1) is 6.92 Å². The van der Waals surface area contributed by atoms with Gasteiger partial charge in [-0.2, -0.15) is 5.10 Å². The van der Waals surface area contributed by atoms with E-state index in [1.807, 2.05) is 62.0 Å². The van der Waals surface area contributed by atoms with Gasteiger partial charge in [-0.25, -0.2) is 0 Å². The Bertz CT molecular complexity index is 655. The highest BCUT2D eigenvalue weighted by Gasteiger charge is 1.95. The highest BCUT2D eigenvalue weighted by Crippen LogP contribution is 2.11. The van der Waals surface area contributed by atoms with Gasteiger partial charge in [0.2, 0.25) is 0 Å². The van der Waals surface area contributed by atoms with Crippen LogP contribution in [0.4, 0.5) is 0 Å². The Hall–Kier alpha value is -2.35. The van der Waals surface area contributed by atoms with Crippen molar-refractivity contribution in [3.8, 4) is 0 Å². The minimum atomic E-state index is 0.659. The SMILES string of the molecule is CC.CC(C)c1ccccc1.Cc1ccn(Cc2ccccc2)n1. The van der Waals surface area contributed by atoms with E-state index >= 15 is 0 Å². The molecule has 2 aromatic carbocycles. The molecule has 0 spiro atoms. The molecule has 3 aromatic rings. The van der Waals surface area contributed by atoms with E-state index in [0.717, 1.165) is 12.2 Å². The Morgan fingerprint density at radius 2 is 1.38 bits per heavy atom. The van der Waals surface area contributed by atoms with Crippen molar-refractivity contribution in [2.24, 2.45) is 0 Å². The summed E-state index contributed by atoms with van der Waals surface area (Å²) in [5, 5.41) is 4.32. The van der Waals surface area contributed by atoms with E-state index in [0.29, 0.717) is 5.92 Å². The second-order valence-electron chi connectivity index (χ2n) is 5.71. The predicted octanol–water partition coefficient (Wildman–Crippen LogP) is 6.08. The molecule has 2 heteroatoms. The molecule has 24 heavy (non-hydrogen) atoms. The minimum Gasteiger partial charge on any atom is -0.268 e. The molecule has 0 N–H and O–H groups in total. The number of aromatic nitrogens is 2. The summed E-state index contributed by atoms with van der Waals surface area (Å²) in [5.41, 5.74) is 3.76. The van der Waals surface area contributed by atoms with Crippen molar-refractivity contribution in [3.05, 3.63) is 89.7 Å². The lowest BCUT2D eigenvalue weighted by Crippen LogP contribution is -1.99. The van der Waals surface area contributed by atoms with Gasteiger partial charge in [-0.3, -0.25) is 4.68 Å². The smallest absolute Gasteiger partial charge is 0.0659 e. The Morgan fingerprint density at radius 1 is 0.833 bits per heavy atom. The Balaban J connectivity index is 0.000000230. The lowest BCUT2D eigenvalue weighted by atomic mass is 10.0. The van der Waals surface area contributed by atoms with Crippen LogP contribution in [0.5, 0.6) is 0 Å². The highest BCUT2D eigenvalue weighted by molar-refractivity contribution is 5.17. The standard InChI is InChI=1S/C11H12N2.C9H12.C2H6/c1-10-7-8-13(12-10)9-11-5-3-2-4-6-11;1-8(2)9-6-4-3-5-7-9;1-2/h2-8H,9H2,1H3;3-8H,1-2H3;1-2H3. The maximum atomic E-state index is 4.32. The fourth-order valence-electron chi connectivity index (χ4n) is 2.16. The summed E-state index contributed by atoms with van der Waals surface area (Å²) in [6.45, 7) is 11.3. The molecule has 0 aliphatic heterocycles. The number of nitrogens with zero attached hydrogens (tertiary/aromatic N) is 2. The zero-order chi connectivity index (χ0) is 17.8. The van der Waals surface area contributed by atoms with E-state index in [9.17, 15) is 0 Å². The van der Waals surface area contributed by atoms with Gasteiger partial charge >= 0.3 is 0 Å². The van der Waals surface area contributed by atoms with Crippen LogP contribution in [0.2, 0.25) is 0 Å². The summed E-state index contributed by atoms with van der Waals surface area (Å²) >= 11 is 0. The third-order valence-corrected chi connectivity index (χ3v) is 3.43. The van der Waals surface area contributed by atoms with Crippen molar-refractivity contribution in [3.63, 3.8) is 0 Å². The average molecular weight is 322 g/mol. The van der Waals surface area contributed by atoms with Gasteiger partial charge in [-0.1, -0.05) is 88.4 Å². The molecule has 0 amide bonds. The second-order valence-corrected chi connectivity index (χ2v) is 5.71. The molecular formula is C22H30N2. The van der Waals surface area contributed by atoms with Crippen molar-refractivity contribution in [1.82, 2.24) is 9.78 Å². The summed E-state index contributed by atoms with van der Waals surface area (Å²) in [4.78, 5) is 0. The number of hydrogen-bond donors (Lipinski definition) is 0. The van der Waals surface area contributed by atoms with Crippen LogP contribution in [0.3, 0.4) is 0 Å². The van der Waals surface area contributed by atoms with E-state index in [-0.39, 0.29) is 0 Å². The van der Waals surface area contributed by atoms with Gasteiger partial charge in [0.05, 0.1) is 12.2 Å². The first-order valence-electron chi connectivity index (χ1n) is 8.74. The molecule has 2 nitrogen and oxygen atoms in total. The van der Waals surface area contributed by atoms with Crippen molar-refractivity contribution in [2.45, 2.75) is 47.1 Å². The van der Waals surface area contributed by atoms with Crippen LogP contribution in [-0.2, 0) is 6.54 Å². The molecular weight excluding hydrogens is 292 g/mol. The molecule has 0 aliphatic carbocycles. The lowest BCUT2D eigenvalue weighted by Gasteiger charge is -2.01. The van der Waals surface area contributed by atoms with Crippen LogP contribution in [0.25, 0.3) is 0 Å². The zero-order valence-corrected chi connectivity index (χ0v) is 15.6. The molecule has 0 bridgehead atoms. The molecule has 0 unspecified atom stereocenters. The number of aryl methyl sites for hydroxylation is 1. The van der Waals surface area contributed by atoms with Crippen LogP contribution < -0.4 is 0 Å². The van der Waals surface area contributed by atoms with E-state index in [4.69, 9.17) is 0 Å². The van der Waals surface area contributed by atoms with E-state index < -0.39 is 0 Å². The van der Waals surface area contributed by atoms with E-state index in [1.165, 1.54) is 11.1 Å². The van der Waals surface area contributed by atoms with Gasteiger partial charge in [0, 0.05) is 6.20 Å². The van der Waals surface area contributed by atoms with Crippen LogP contribution in [0.15, 0.2) is 72.9 Å². The quantitative estimate of drug-likeness (QED) is 0.571. The summed E-state index contributed by atoms with van der Waals surface area (Å²) < 4.78 is 1.95. The van der Waals surface area contributed by atoms with Gasteiger partial charge in [0.15, 0.2) is 0 Å². The average Bonchev–Trinajstić information content (AvgIpc) is 3.04. The van der Waals surface area contributed by atoms with E-state index in [1.54, 1.807) is 0 Å². The highest BCUT2D eigenvalue weighted by atomic mass is 15.3. The summed E-state index contributed by atoms with van der Waals surface area (Å²) in [6.07, 6.45) is 2.00. The summed E-state index contributed by atoms with van der Waals surface area (Å²) in [7, 11) is 0. The fraction of sp³-hybridized carbons (Fsp3) is 0.318. The Labute approximate surface area is 147 Å². The zero-order valence-electron chi connectivity index (χ0n) is 15.6. The number of benzene rings is 2. The third-order valence-electron chi connectivity index (χ3n) is 3.43. The number of rotatable bonds is 3. The van der Waals surface area contributed by atoms with Crippen LogP contribution >= 0.6 is 0 Å². The van der Waals surface area contributed by atoms with Crippen molar-refractivity contribution in [2.75, 3.05) is 0 Å². The van der Waals surface area contributed by atoms with Gasteiger partial charge in [-0.15, -0.1) is 0 Å². The fourth-order valence-corrected chi connectivity index (χ4v) is 2.16. The molecule has 128 valence electrons. The van der Waals surface area contributed by atoms with Crippen molar-refractivity contribution < 1.29 is 0 Å². The molecule has 0 aliphatic rings. The Kier molecular flexibility index (Phi) is 9.21. The first-order chi connectivity index (χ1) is 11.6. The predicted molar refractivity (Wildman–Crippen MR) is 104 cm³/mol. The molecule has 0 fully saturated rings. The first kappa shape index (κ1) is 19.7. The second kappa shape index (κ2) is 11.2. The Morgan fingerprint density at radius 3 is 1.79 bits per heavy atom. The van der Waals surface area contributed by atoms with Gasteiger partial charge in [0.25, 0.3) is 0 Å². The van der Waals surface area contributed by atoms with Gasteiger partial charge in [-0.05, 0) is 30.0 Å². The van der Waals surface area contributed by atoms with Gasteiger partial charge < -0.3 is 0 Å². The molecule has 0 saturated carbocycles. The lowest BCUT2D eigenvalue weighted by molar-refractivity contribution is 0.679.